The maximum absolute atomic E-state index is 5.98. The molecule has 0 bridgehead atoms. The molecule has 0 aromatic heterocycles. The van der Waals surface area contributed by atoms with Crippen molar-refractivity contribution in [1.29, 1.82) is 0 Å². The Bertz CT molecular complexity index is 383. The zero-order valence-electron chi connectivity index (χ0n) is 13.2. The van der Waals surface area contributed by atoms with Crippen LogP contribution in [0.2, 0.25) is 0 Å². The second kappa shape index (κ2) is 5.90. The predicted octanol–water partition coefficient (Wildman–Crippen LogP) is 2.72. The van der Waals surface area contributed by atoms with E-state index in [2.05, 4.69) is 4.99 Å². The molecule has 1 aliphatic heterocycles. The minimum absolute atomic E-state index is 0.342. The van der Waals surface area contributed by atoms with Crippen LogP contribution in [0.4, 0.5) is 0 Å². The van der Waals surface area contributed by atoms with Crippen LogP contribution in [0.15, 0.2) is 16.7 Å². The van der Waals surface area contributed by atoms with Crippen molar-refractivity contribution in [3.8, 4) is 0 Å². The highest BCUT2D eigenvalue weighted by Gasteiger charge is 2.52. The largest absolute Gasteiger partial charge is 0.497 e. The van der Waals surface area contributed by atoms with Crippen molar-refractivity contribution in [2.75, 3.05) is 6.54 Å². The van der Waals surface area contributed by atoms with Gasteiger partial charge in [-0.1, -0.05) is 12.8 Å². The maximum Gasteiger partial charge on any atom is 0.497 e. The lowest BCUT2D eigenvalue weighted by Gasteiger charge is -2.32. The van der Waals surface area contributed by atoms with Gasteiger partial charge >= 0.3 is 7.12 Å². The van der Waals surface area contributed by atoms with Crippen LogP contribution in [0.5, 0.6) is 0 Å². The molecule has 2 rings (SSSR count). The second-order valence-corrected chi connectivity index (χ2v) is 6.90. The Kier molecular flexibility index (Phi) is 4.60. The third-order valence-electron chi connectivity index (χ3n) is 4.80. The van der Waals surface area contributed by atoms with Crippen molar-refractivity contribution in [3.63, 3.8) is 0 Å². The fourth-order valence-corrected chi connectivity index (χ4v) is 2.66. The van der Waals surface area contributed by atoms with Crippen molar-refractivity contribution in [2.24, 2.45) is 16.6 Å². The van der Waals surface area contributed by atoms with Gasteiger partial charge in [-0.05, 0) is 52.7 Å². The summed E-state index contributed by atoms with van der Waals surface area (Å²) in [6.07, 6.45) is 8.65. The molecule has 1 aliphatic carbocycles. The molecule has 20 heavy (non-hydrogen) atoms. The van der Waals surface area contributed by atoms with E-state index in [1.54, 1.807) is 6.20 Å². The molecule has 0 atom stereocenters. The summed E-state index contributed by atoms with van der Waals surface area (Å²) in [6, 6.07) is 0. The fourth-order valence-electron chi connectivity index (χ4n) is 2.66. The van der Waals surface area contributed by atoms with E-state index >= 15 is 0 Å². The lowest BCUT2D eigenvalue weighted by atomic mass is 9.79. The van der Waals surface area contributed by atoms with Gasteiger partial charge in [0.1, 0.15) is 0 Å². The van der Waals surface area contributed by atoms with Crippen LogP contribution >= 0.6 is 0 Å². The normalized spacial score (nSPS) is 26.8. The first-order valence-electron chi connectivity index (χ1n) is 7.63. The van der Waals surface area contributed by atoms with E-state index in [1.807, 2.05) is 33.9 Å². The number of rotatable bonds is 4. The average Bonchev–Trinajstić information content (AvgIpc) is 2.92. The molecule has 0 aromatic carbocycles. The highest BCUT2D eigenvalue weighted by molar-refractivity contribution is 6.60. The monoisotopic (exact) mass is 278 g/mol. The summed E-state index contributed by atoms with van der Waals surface area (Å²) in [5.74, 6) is 0.739. The molecule has 5 heteroatoms. The first kappa shape index (κ1) is 15.6. The molecule has 0 radical (unpaired) electrons. The van der Waals surface area contributed by atoms with Gasteiger partial charge in [0.05, 0.1) is 11.2 Å². The number of aliphatic imine (C=N–C) groups is 1. The zero-order chi connectivity index (χ0) is 14.8. The van der Waals surface area contributed by atoms with E-state index in [0.29, 0.717) is 0 Å². The minimum Gasteiger partial charge on any atom is -0.405 e. The smallest absolute Gasteiger partial charge is 0.405 e. The minimum atomic E-state index is -0.419. The fraction of sp³-hybridized carbons (Fsp3) is 0.800. The molecule has 1 saturated carbocycles. The molecule has 1 heterocycles. The molecule has 4 nitrogen and oxygen atoms in total. The van der Waals surface area contributed by atoms with Crippen LogP contribution in [-0.2, 0) is 9.31 Å². The molecule has 0 unspecified atom stereocenters. The van der Waals surface area contributed by atoms with Crippen LogP contribution in [0.3, 0.4) is 0 Å². The third kappa shape index (κ3) is 3.26. The quantitative estimate of drug-likeness (QED) is 0.635. The number of nitrogens with two attached hydrogens (primary N) is 1. The highest BCUT2D eigenvalue weighted by Crippen LogP contribution is 2.38. The standard InChI is InChI=1S/C15H27BN2O2/c1-14(2)15(3,4)20-16(19-14)13(9-17)11-18-10-12-7-5-6-8-12/h9,11-12H,5-8,10,17H2,1-4H3. The molecule has 2 fully saturated rings. The third-order valence-corrected chi connectivity index (χ3v) is 4.80. The van der Waals surface area contributed by atoms with Gasteiger partial charge in [-0.3, -0.25) is 4.99 Å². The Morgan fingerprint density at radius 2 is 1.75 bits per heavy atom. The van der Waals surface area contributed by atoms with Gasteiger partial charge in [0.15, 0.2) is 0 Å². The van der Waals surface area contributed by atoms with Gasteiger partial charge in [0.2, 0.25) is 0 Å². The van der Waals surface area contributed by atoms with Crippen LogP contribution in [0, 0.1) is 5.92 Å². The van der Waals surface area contributed by atoms with Gasteiger partial charge in [-0.15, -0.1) is 0 Å². The Hall–Kier alpha value is -0.805. The number of nitrogens with zero attached hydrogens (tertiary/aromatic N) is 1. The SMILES string of the molecule is CC1(C)OB(C(C=NCC2CCCC2)=CN)OC1(C)C. The summed E-state index contributed by atoms with van der Waals surface area (Å²) in [6.45, 7) is 9.04. The van der Waals surface area contributed by atoms with E-state index in [9.17, 15) is 0 Å². The number of hydrogen-bond donors (Lipinski definition) is 1. The number of hydrogen-bond acceptors (Lipinski definition) is 4. The molecular weight excluding hydrogens is 251 g/mol. The average molecular weight is 278 g/mol. The number of allylic oxidation sites excluding steroid dienone is 1. The van der Waals surface area contributed by atoms with E-state index < -0.39 is 7.12 Å². The molecule has 0 aromatic rings. The van der Waals surface area contributed by atoms with Crippen LogP contribution in [0.1, 0.15) is 53.4 Å². The zero-order valence-corrected chi connectivity index (χ0v) is 13.2. The van der Waals surface area contributed by atoms with Gasteiger partial charge in [0.25, 0.3) is 0 Å². The summed E-state index contributed by atoms with van der Waals surface area (Å²) in [5.41, 5.74) is 5.83. The summed E-state index contributed by atoms with van der Waals surface area (Å²) in [5, 5.41) is 0. The second-order valence-electron chi connectivity index (χ2n) is 6.90. The Morgan fingerprint density at radius 3 is 2.25 bits per heavy atom. The molecule has 2 N–H and O–H groups in total. The molecule has 2 aliphatic rings. The van der Waals surface area contributed by atoms with E-state index in [4.69, 9.17) is 15.0 Å². The molecule has 0 spiro atoms. The first-order chi connectivity index (χ1) is 9.36. The molecule has 112 valence electrons. The van der Waals surface area contributed by atoms with E-state index in [0.717, 1.165) is 17.9 Å². The molecular formula is C15H27BN2O2. The van der Waals surface area contributed by atoms with Gasteiger partial charge in [-0.2, -0.15) is 0 Å². The lowest BCUT2D eigenvalue weighted by molar-refractivity contribution is 0.00578. The molecule has 0 amide bonds. The summed E-state index contributed by atoms with van der Waals surface area (Å²) < 4.78 is 12.0. The lowest BCUT2D eigenvalue weighted by Crippen LogP contribution is -2.41. The van der Waals surface area contributed by atoms with Crippen molar-refractivity contribution in [1.82, 2.24) is 0 Å². The summed E-state index contributed by atoms with van der Waals surface area (Å²) in [4.78, 5) is 4.53. The topological polar surface area (TPSA) is 56.8 Å². The van der Waals surface area contributed by atoms with Crippen molar-refractivity contribution < 1.29 is 9.31 Å². The summed E-state index contributed by atoms with van der Waals surface area (Å²) in [7, 11) is -0.419. The van der Waals surface area contributed by atoms with E-state index in [-0.39, 0.29) is 11.2 Å². The van der Waals surface area contributed by atoms with Crippen LogP contribution in [-0.4, -0.2) is 31.1 Å². The van der Waals surface area contributed by atoms with Gasteiger partial charge in [-0.25, -0.2) is 0 Å². The van der Waals surface area contributed by atoms with Crippen molar-refractivity contribution in [2.45, 2.75) is 64.6 Å². The maximum atomic E-state index is 5.98. The van der Waals surface area contributed by atoms with Gasteiger partial charge in [0, 0.05) is 18.2 Å². The van der Waals surface area contributed by atoms with E-state index in [1.165, 1.54) is 25.7 Å². The van der Waals surface area contributed by atoms with Crippen LogP contribution in [0.25, 0.3) is 0 Å². The van der Waals surface area contributed by atoms with Crippen LogP contribution < -0.4 is 5.73 Å². The molecule has 1 saturated heterocycles. The Morgan fingerprint density at radius 1 is 1.20 bits per heavy atom. The van der Waals surface area contributed by atoms with Gasteiger partial charge < -0.3 is 15.0 Å². The van der Waals surface area contributed by atoms with Crippen molar-refractivity contribution in [3.05, 3.63) is 11.7 Å². The first-order valence-corrected chi connectivity index (χ1v) is 7.63. The Labute approximate surface area is 123 Å². The highest BCUT2D eigenvalue weighted by atomic mass is 16.7. The van der Waals surface area contributed by atoms with Crippen molar-refractivity contribution >= 4 is 13.3 Å². The Balaban J connectivity index is 1.94. The summed E-state index contributed by atoms with van der Waals surface area (Å²) >= 11 is 0. The predicted molar refractivity (Wildman–Crippen MR) is 83.7 cm³/mol.